The van der Waals surface area contributed by atoms with Crippen LogP contribution in [-0.2, 0) is 36.8 Å². The number of hydrogen-bond acceptors (Lipinski definition) is 15. The Morgan fingerprint density at radius 3 is 1.70 bits per heavy atom. The molecule has 7 atom stereocenters. The summed E-state index contributed by atoms with van der Waals surface area (Å²) >= 11 is 1.55. The number of aliphatic hydroxyl groups is 2. The van der Waals surface area contributed by atoms with Gasteiger partial charge < -0.3 is 35.2 Å². The third kappa shape index (κ3) is 25.8. The number of nitrogens with zero attached hydrogens (tertiary/aromatic N) is 4. The lowest BCUT2D eigenvalue weighted by molar-refractivity contribution is -0.149. The maximum atomic E-state index is 12.9. The van der Waals surface area contributed by atoms with Gasteiger partial charge in [0.25, 0.3) is 0 Å². The summed E-state index contributed by atoms with van der Waals surface area (Å²) in [6, 6.07) is 0. The number of phosphoric acid groups is 2. The number of esters is 1. The first-order valence-electron chi connectivity index (χ1n) is 25.7. The van der Waals surface area contributed by atoms with Gasteiger partial charge >= 0.3 is 21.6 Å². The summed E-state index contributed by atoms with van der Waals surface area (Å²) in [5, 5.41) is 21.4. The summed E-state index contributed by atoms with van der Waals surface area (Å²) < 4.78 is 53.1. The van der Waals surface area contributed by atoms with E-state index in [0.717, 1.165) is 44.3 Å². The lowest BCUT2D eigenvalue weighted by atomic mass is 10.0. The molecule has 0 saturated carbocycles. The van der Waals surface area contributed by atoms with Crippen LogP contribution in [0.15, 0.2) is 12.7 Å². The Morgan fingerprint density at radius 1 is 0.701 bits per heavy atom. The first kappa shape index (κ1) is 59.6. The predicted molar refractivity (Wildman–Crippen MR) is 265 cm³/mol. The molecule has 2 unspecified atom stereocenters. The summed E-state index contributed by atoms with van der Waals surface area (Å²) in [6.45, 7) is 3.11. The Morgan fingerprint density at radius 2 is 1.18 bits per heavy atom. The summed E-state index contributed by atoms with van der Waals surface area (Å²) in [5.41, 5.74) is 6.29. The van der Waals surface area contributed by atoms with E-state index in [0.29, 0.717) is 12.2 Å². The highest BCUT2D eigenvalue weighted by Crippen LogP contribution is 2.60. The van der Waals surface area contributed by atoms with E-state index in [2.05, 4.69) is 33.1 Å². The van der Waals surface area contributed by atoms with Crippen LogP contribution in [0, 0.1) is 0 Å². The average Bonchev–Trinajstić information content (AvgIpc) is 3.85. The third-order valence-electron chi connectivity index (χ3n) is 12.3. The molecule has 3 rings (SSSR count). The van der Waals surface area contributed by atoms with E-state index < -0.39 is 65.5 Å². The van der Waals surface area contributed by atoms with Gasteiger partial charge in [-0.2, -0.15) is 16.1 Å². The van der Waals surface area contributed by atoms with E-state index in [9.17, 15) is 33.9 Å². The van der Waals surface area contributed by atoms with E-state index in [1.807, 2.05) is 0 Å². The number of nitrogen functional groups attached to an aromatic ring is 1. The zero-order valence-corrected chi connectivity index (χ0v) is 43.4. The van der Waals surface area contributed by atoms with Crippen molar-refractivity contribution >= 4 is 50.4 Å². The number of phosphoric ester groups is 2. The Hall–Kier alpha value is -1.69. The van der Waals surface area contributed by atoms with E-state index >= 15 is 0 Å². The second-order valence-corrected chi connectivity index (χ2v) is 22.4. The fourth-order valence-corrected chi connectivity index (χ4v) is 11.4. The van der Waals surface area contributed by atoms with Crippen molar-refractivity contribution in [2.45, 2.75) is 237 Å². The fraction of sp³-hybridized carbons (Fsp3) is 0.872. The van der Waals surface area contributed by atoms with E-state index in [1.165, 1.54) is 158 Å². The van der Waals surface area contributed by atoms with Gasteiger partial charge in [0.2, 0.25) is 0 Å². The lowest BCUT2D eigenvalue weighted by Crippen LogP contribution is -2.33. The van der Waals surface area contributed by atoms with E-state index in [-0.39, 0.29) is 23.4 Å². The molecule has 0 aromatic carbocycles. The second-order valence-electron chi connectivity index (χ2n) is 18.2. The Balaban J connectivity index is 1.38. The van der Waals surface area contributed by atoms with Gasteiger partial charge in [-0.15, -0.1) is 0 Å². The Kier molecular flexibility index (Phi) is 31.5. The molecule has 388 valence electrons. The molecule has 67 heavy (non-hydrogen) atoms. The van der Waals surface area contributed by atoms with Gasteiger partial charge in [-0.1, -0.05) is 187 Å². The highest BCUT2D eigenvalue weighted by Gasteiger charge is 2.46. The number of aromatic nitrogens is 4. The molecule has 6 N–H and O–H groups in total. The number of fused-ring (bicyclic) bond motifs is 1. The molecule has 17 nitrogen and oxygen atoms in total. The topological polar surface area (TPSA) is 248 Å². The highest BCUT2D eigenvalue weighted by atomic mass is 32.2. The van der Waals surface area contributed by atoms with Crippen molar-refractivity contribution in [3.8, 4) is 0 Å². The van der Waals surface area contributed by atoms with Crippen LogP contribution < -0.4 is 5.73 Å². The minimum absolute atomic E-state index is 0.0875. The highest BCUT2D eigenvalue weighted by molar-refractivity contribution is 7.99. The maximum absolute atomic E-state index is 12.9. The van der Waals surface area contributed by atoms with Crippen LogP contribution in [0.2, 0.25) is 0 Å². The molecule has 0 bridgehead atoms. The molecule has 20 heteroatoms. The van der Waals surface area contributed by atoms with Crippen LogP contribution in [0.1, 0.15) is 213 Å². The fourth-order valence-electron chi connectivity index (χ4n) is 8.29. The van der Waals surface area contributed by atoms with Crippen molar-refractivity contribution in [3.63, 3.8) is 0 Å². The van der Waals surface area contributed by atoms with Crippen LogP contribution >= 0.6 is 27.4 Å². The van der Waals surface area contributed by atoms with Gasteiger partial charge in [-0.05, 0) is 18.6 Å². The number of carbonyl (C=O) groups is 1. The molecular weight excluding hydrogens is 921 g/mol. The normalized spacial score (nSPS) is 19.7. The Bertz CT molecular complexity index is 1700. The monoisotopic (exact) mass is 1010 g/mol. The SMILES string of the molecule is CCCCCCCCCCCCCCCCCCSC[C@H](COP(=O)(O)OP(=O)(O)OC[C@H]1O[C@@H](n2cnc3c(N)ncnc32)[C@H](O)[C@@H]1O)OC(=O)CCCCCCCCCCCCCCC. The first-order chi connectivity index (χ1) is 32.4. The van der Waals surface area contributed by atoms with Crippen LogP contribution in [0.5, 0.6) is 0 Å². The zero-order valence-electron chi connectivity index (χ0n) is 40.8. The molecular formula is C47H87N5O12P2S. The molecule has 1 aliphatic rings. The largest absolute Gasteiger partial charge is 0.481 e. The summed E-state index contributed by atoms with van der Waals surface area (Å²) in [5.74, 6) is 0.743. The molecule has 1 fully saturated rings. The number of imidazole rings is 1. The van der Waals surface area contributed by atoms with Crippen molar-refractivity contribution in [2.24, 2.45) is 0 Å². The molecule has 2 aromatic heterocycles. The van der Waals surface area contributed by atoms with Crippen LogP contribution in [0.25, 0.3) is 11.2 Å². The number of aliphatic hydroxyl groups excluding tert-OH is 2. The number of anilines is 1. The van der Waals surface area contributed by atoms with Gasteiger partial charge in [0.15, 0.2) is 17.7 Å². The second kappa shape index (κ2) is 35.4. The van der Waals surface area contributed by atoms with Gasteiger partial charge in [0.05, 0.1) is 19.5 Å². The number of nitrogens with two attached hydrogens (primary N) is 1. The van der Waals surface area contributed by atoms with E-state index in [4.69, 9.17) is 24.3 Å². The number of hydrogen-bond donors (Lipinski definition) is 5. The average molecular weight is 1010 g/mol. The molecule has 3 heterocycles. The molecule has 0 amide bonds. The summed E-state index contributed by atoms with van der Waals surface area (Å²) in [6.07, 6.45) is 31.9. The van der Waals surface area contributed by atoms with Crippen molar-refractivity contribution in [2.75, 3.05) is 30.5 Å². The number of carbonyl (C=O) groups excluding carboxylic acids is 1. The minimum Gasteiger partial charge on any atom is -0.459 e. The molecule has 0 radical (unpaired) electrons. The first-order valence-corrected chi connectivity index (χ1v) is 29.9. The van der Waals surface area contributed by atoms with Crippen molar-refractivity contribution in [1.29, 1.82) is 0 Å². The van der Waals surface area contributed by atoms with Gasteiger partial charge in [0, 0.05) is 12.2 Å². The van der Waals surface area contributed by atoms with Crippen LogP contribution in [0.4, 0.5) is 5.82 Å². The molecule has 2 aromatic rings. The Labute approximate surface area is 405 Å². The van der Waals surface area contributed by atoms with Crippen molar-refractivity contribution in [3.05, 3.63) is 12.7 Å². The van der Waals surface area contributed by atoms with Crippen molar-refractivity contribution in [1.82, 2.24) is 19.5 Å². The van der Waals surface area contributed by atoms with Crippen LogP contribution in [0.3, 0.4) is 0 Å². The lowest BCUT2D eigenvalue weighted by Gasteiger charge is -2.21. The minimum atomic E-state index is -5.30. The van der Waals surface area contributed by atoms with E-state index in [1.54, 1.807) is 11.8 Å². The smallest absolute Gasteiger partial charge is 0.459 e. The summed E-state index contributed by atoms with van der Waals surface area (Å²) in [4.78, 5) is 45.8. The molecule has 0 spiro atoms. The van der Waals surface area contributed by atoms with Gasteiger partial charge in [-0.25, -0.2) is 24.1 Å². The van der Waals surface area contributed by atoms with Gasteiger partial charge in [-0.3, -0.25) is 18.4 Å². The number of thioether (sulfide) groups is 1. The van der Waals surface area contributed by atoms with Gasteiger partial charge in [0.1, 0.15) is 36.3 Å². The molecule has 1 aliphatic heterocycles. The third-order valence-corrected chi connectivity index (χ3v) is 16.0. The number of ether oxygens (including phenoxy) is 2. The molecule has 0 aliphatic carbocycles. The van der Waals surface area contributed by atoms with Crippen LogP contribution in [-0.4, -0.2) is 94.6 Å². The zero-order chi connectivity index (χ0) is 48.6. The maximum Gasteiger partial charge on any atom is 0.481 e. The standard InChI is InChI=1S/C47H87N5O12P2S/c1-3-5-7-9-11-13-15-17-18-19-21-23-25-27-29-31-33-67-36-39(62-41(53)32-30-28-26-24-22-20-16-14-12-10-8-6-4-2)34-60-65(56,57)64-66(58,59)61-35-40-43(54)44(55)47(63-40)52-38-51-42-45(48)49-37-50-46(42)52/h37-40,43-44,47,54-55H,3-36H2,1-2H3,(H,56,57)(H,58,59)(H2,48,49,50)/t39-,40+,43+,44+,47+/m0/s1. The summed E-state index contributed by atoms with van der Waals surface area (Å²) in [7, 11) is -10.5. The number of rotatable bonds is 43. The predicted octanol–water partition coefficient (Wildman–Crippen LogP) is 11.7. The molecule has 1 saturated heterocycles. The van der Waals surface area contributed by atoms with Crippen molar-refractivity contribution < 1.29 is 56.8 Å². The quantitative estimate of drug-likeness (QED) is 0.0235. The number of unbranched alkanes of at least 4 members (excludes halogenated alkanes) is 27.